The third-order valence-electron chi connectivity index (χ3n) is 2.56. The maximum Gasteiger partial charge on any atom is 0.285 e. The van der Waals surface area contributed by atoms with E-state index in [1.807, 2.05) is 0 Å². The number of benzene rings is 1. The SMILES string of the molecule is CCCc1[nH]n(-c2ccc(Cl)c(Cl)c2)c(=O)c1Br. The van der Waals surface area contributed by atoms with E-state index >= 15 is 0 Å². The Bertz CT molecular complexity index is 633. The molecule has 96 valence electrons. The van der Waals surface area contributed by atoms with Crippen molar-refractivity contribution < 1.29 is 0 Å². The number of aromatic nitrogens is 2. The number of aromatic amines is 1. The molecule has 18 heavy (non-hydrogen) atoms. The first-order valence-electron chi connectivity index (χ1n) is 5.49. The van der Waals surface area contributed by atoms with E-state index in [4.69, 9.17) is 23.2 Å². The van der Waals surface area contributed by atoms with Crippen LogP contribution in [0.4, 0.5) is 0 Å². The van der Waals surface area contributed by atoms with E-state index in [1.54, 1.807) is 18.2 Å². The predicted molar refractivity (Wildman–Crippen MR) is 78.1 cm³/mol. The molecule has 1 N–H and O–H groups in total. The van der Waals surface area contributed by atoms with Gasteiger partial charge in [-0.3, -0.25) is 9.89 Å². The second-order valence-electron chi connectivity index (χ2n) is 3.89. The molecule has 0 saturated carbocycles. The Morgan fingerprint density at radius 1 is 1.33 bits per heavy atom. The molecule has 2 aromatic rings. The molecule has 0 amide bonds. The molecule has 0 radical (unpaired) electrons. The van der Waals surface area contributed by atoms with Crippen LogP contribution in [0.15, 0.2) is 27.5 Å². The first-order chi connectivity index (χ1) is 8.54. The van der Waals surface area contributed by atoms with Crippen LogP contribution in [-0.4, -0.2) is 9.78 Å². The Morgan fingerprint density at radius 2 is 2.06 bits per heavy atom. The van der Waals surface area contributed by atoms with Crippen LogP contribution in [0.1, 0.15) is 19.0 Å². The first kappa shape index (κ1) is 13.7. The van der Waals surface area contributed by atoms with Gasteiger partial charge in [0.25, 0.3) is 5.56 Å². The molecule has 0 fully saturated rings. The number of hydrogen-bond acceptors (Lipinski definition) is 1. The fourth-order valence-electron chi connectivity index (χ4n) is 1.68. The molecule has 1 aromatic carbocycles. The van der Waals surface area contributed by atoms with Crippen molar-refractivity contribution in [3.8, 4) is 5.69 Å². The average Bonchev–Trinajstić information content (AvgIpc) is 2.62. The van der Waals surface area contributed by atoms with Gasteiger partial charge in [-0.05, 0) is 40.5 Å². The normalized spacial score (nSPS) is 10.9. The Kier molecular flexibility index (Phi) is 4.20. The van der Waals surface area contributed by atoms with Crippen LogP contribution >= 0.6 is 39.1 Å². The second-order valence-corrected chi connectivity index (χ2v) is 5.50. The van der Waals surface area contributed by atoms with Crippen LogP contribution in [0.5, 0.6) is 0 Å². The monoisotopic (exact) mass is 348 g/mol. The summed E-state index contributed by atoms with van der Waals surface area (Å²) in [4.78, 5) is 12.1. The van der Waals surface area contributed by atoms with E-state index in [1.165, 1.54) is 4.68 Å². The van der Waals surface area contributed by atoms with E-state index in [0.29, 0.717) is 20.2 Å². The molecule has 0 aliphatic heterocycles. The van der Waals surface area contributed by atoms with E-state index < -0.39 is 0 Å². The number of nitrogens with one attached hydrogen (secondary N) is 1. The lowest BCUT2D eigenvalue weighted by Gasteiger charge is -2.03. The molecule has 0 aliphatic rings. The number of H-pyrrole nitrogens is 1. The lowest BCUT2D eigenvalue weighted by atomic mass is 10.3. The molecule has 3 nitrogen and oxygen atoms in total. The second kappa shape index (κ2) is 5.51. The van der Waals surface area contributed by atoms with Gasteiger partial charge in [0.15, 0.2) is 0 Å². The van der Waals surface area contributed by atoms with Crippen molar-refractivity contribution in [2.45, 2.75) is 19.8 Å². The van der Waals surface area contributed by atoms with Crippen molar-refractivity contribution in [3.05, 3.63) is 48.8 Å². The van der Waals surface area contributed by atoms with Crippen molar-refractivity contribution >= 4 is 39.1 Å². The molecule has 0 atom stereocenters. The topological polar surface area (TPSA) is 37.8 Å². The first-order valence-corrected chi connectivity index (χ1v) is 7.04. The van der Waals surface area contributed by atoms with E-state index in [-0.39, 0.29) is 5.56 Å². The Labute approximate surface area is 123 Å². The summed E-state index contributed by atoms with van der Waals surface area (Å²) in [6.07, 6.45) is 1.77. The van der Waals surface area contributed by atoms with Crippen LogP contribution < -0.4 is 5.56 Å². The molecule has 1 aromatic heterocycles. The van der Waals surface area contributed by atoms with Gasteiger partial charge in [-0.15, -0.1) is 0 Å². The highest BCUT2D eigenvalue weighted by Crippen LogP contribution is 2.24. The zero-order valence-corrected chi connectivity index (χ0v) is 12.7. The van der Waals surface area contributed by atoms with Gasteiger partial charge in [-0.25, -0.2) is 4.68 Å². The minimum atomic E-state index is -0.128. The molecular weight excluding hydrogens is 339 g/mol. The molecule has 6 heteroatoms. The zero-order chi connectivity index (χ0) is 13.3. The predicted octanol–water partition coefficient (Wildman–Crippen LogP) is 4.19. The highest BCUT2D eigenvalue weighted by molar-refractivity contribution is 9.10. The summed E-state index contributed by atoms with van der Waals surface area (Å²) >= 11 is 15.1. The molecule has 0 saturated heterocycles. The van der Waals surface area contributed by atoms with Gasteiger partial charge in [0.05, 0.1) is 21.4 Å². The van der Waals surface area contributed by atoms with Gasteiger partial charge in [0, 0.05) is 0 Å². The van der Waals surface area contributed by atoms with Crippen LogP contribution in [-0.2, 0) is 6.42 Å². The van der Waals surface area contributed by atoms with Crippen LogP contribution in [0, 0.1) is 0 Å². The maximum atomic E-state index is 12.1. The van der Waals surface area contributed by atoms with Gasteiger partial charge in [0.2, 0.25) is 0 Å². The molecule has 0 unspecified atom stereocenters. The fraction of sp³-hybridized carbons (Fsp3) is 0.250. The minimum absolute atomic E-state index is 0.128. The van der Waals surface area contributed by atoms with Crippen LogP contribution in [0.25, 0.3) is 5.69 Å². The summed E-state index contributed by atoms with van der Waals surface area (Å²) in [7, 11) is 0. The Hall–Kier alpha value is -0.710. The lowest BCUT2D eigenvalue weighted by Crippen LogP contribution is -2.14. The number of nitrogens with zero attached hydrogens (tertiary/aromatic N) is 1. The summed E-state index contributed by atoms with van der Waals surface area (Å²) in [5.41, 5.74) is 1.42. The van der Waals surface area contributed by atoms with Crippen molar-refractivity contribution in [1.29, 1.82) is 0 Å². The highest BCUT2D eigenvalue weighted by atomic mass is 79.9. The molecule has 0 bridgehead atoms. The van der Waals surface area contributed by atoms with Gasteiger partial charge in [-0.2, -0.15) is 0 Å². The van der Waals surface area contributed by atoms with Gasteiger partial charge < -0.3 is 0 Å². The Balaban J connectivity index is 2.54. The highest BCUT2D eigenvalue weighted by Gasteiger charge is 2.12. The van der Waals surface area contributed by atoms with E-state index in [2.05, 4.69) is 28.0 Å². The van der Waals surface area contributed by atoms with Crippen LogP contribution in [0.2, 0.25) is 10.0 Å². The van der Waals surface area contributed by atoms with Gasteiger partial charge >= 0.3 is 0 Å². The smallest absolute Gasteiger partial charge is 0.285 e. The molecule has 0 aliphatic carbocycles. The number of aryl methyl sites for hydroxylation is 1. The quantitative estimate of drug-likeness (QED) is 0.886. The van der Waals surface area contributed by atoms with Crippen molar-refractivity contribution in [3.63, 3.8) is 0 Å². The summed E-state index contributed by atoms with van der Waals surface area (Å²) in [6, 6.07) is 5.07. The van der Waals surface area contributed by atoms with Crippen LogP contribution in [0.3, 0.4) is 0 Å². The number of rotatable bonds is 3. The molecule has 0 spiro atoms. The lowest BCUT2D eigenvalue weighted by molar-refractivity contribution is 0.793. The third-order valence-corrected chi connectivity index (χ3v) is 4.12. The van der Waals surface area contributed by atoms with Crippen molar-refractivity contribution in [1.82, 2.24) is 9.78 Å². The summed E-state index contributed by atoms with van der Waals surface area (Å²) in [6.45, 7) is 2.06. The molecular formula is C12H11BrCl2N2O. The van der Waals surface area contributed by atoms with E-state index in [9.17, 15) is 4.79 Å². The van der Waals surface area contributed by atoms with Crippen molar-refractivity contribution in [2.24, 2.45) is 0 Å². The molecule has 1 heterocycles. The fourth-order valence-corrected chi connectivity index (χ4v) is 2.44. The number of halogens is 3. The van der Waals surface area contributed by atoms with Gasteiger partial charge in [-0.1, -0.05) is 36.5 Å². The summed E-state index contributed by atoms with van der Waals surface area (Å²) < 4.78 is 2.02. The zero-order valence-electron chi connectivity index (χ0n) is 9.64. The third kappa shape index (κ3) is 2.51. The maximum absolute atomic E-state index is 12.1. The Morgan fingerprint density at radius 3 is 2.67 bits per heavy atom. The summed E-state index contributed by atoms with van der Waals surface area (Å²) in [5.74, 6) is 0. The summed E-state index contributed by atoms with van der Waals surface area (Å²) in [5, 5.41) is 3.96. The average molecular weight is 350 g/mol. The van der Waals surface area contributed by atoms with Crippen molar-refractivity contribution in [2.75, 3.05) is 0 Å². The largest absolute Gasteiger partial charge is 0.294 e. The van der Waals surface area contributed by atoms with Gasteiger partial charge in [0.1, 0.15) is 4.47 Å². The minimum Gasteiger partial charge on any atom is -0.294 e. The standard InChI is InChI=1S/C12H11BrCl2N2O/c1-2-3-10-11(13)12(18)17(16-10)7-4-5-8(14)9(15)6-7/h4-6,16H,2-3H2,1H3. The molecule has 2 rings (SSSR count). The van der Waals surface area contributed by atoms with E-state index in [0.717, 1.165) is 18.5 Å². The number of hydrogen-bond donors (Lipinski definition) is 1.